The largest absolute Gasteiger partial charge is 0.422 e. The van der Waals surface area contributed by atoms with Gasteiger partial charge in [0, 0.05) is 36.6 Å². The molecule has 41 heavy (non-hydrogen) atoms. The van der Waals surface area contributed by atoms with Gasteiger partial charge in [0.15, 0.2) is 5.76 Å². The van der Waals surface area contributed by atoms with Crippen molar-refractivity contribution in [2.24, 2.45) is 12.8 Å². The molecule has 206 valence electrons. The minimum Gasteiger partial charge on any atom is -0.422 e. The number of carbonyl (C=O) groups is 1. The van der Waals surface area contributed by atoms with Crippen LogP contribution in [0.25, 0.3) is 39.3 Å². The summed E-state index contributed by atoms with van der Waals surface area (Å²) in [5.41, 5.74) is 9.26. The van der Waals surface area contributed by atoms with Gasteiger partial charge in [-0.2, -0.15) is 5.10 Å². The summed E-state index contributed by atoms with van der Waals surface area (Å²) in [6, 6.07) is 15.8. The van der Waals surface area contributed by atoms with Crippen molar-refractivity contribution in [2.45, 2.75) is 20.4 Å². The van der Waals surface area contributed by atoms with Gasteiger partial charge in [0.25, 0.3) is 11.9 Å². The second-order valence-corrected chi connectivity index (χ2v) is 9.42. The van der Waals surface area contributed by atoms with E-state index in [9.17, 15) is 14.0 Å². The molecule has 3 N–H and O–H groups in total. The Morgan fingerprint density at radius 2 is 1.88 bits per heavy atom. The Labute approximate surface area is 232 Å². The van der Waals surface area contributed by atoms with Crippen LogP contribution in [0.2, 0.25) is 0 Å². The SMILES string of the molecule is CCn1c(-c2ccc(-n3c(C)nn(C)c3=O)cc2)cc2ccnc(-c3cnc(Nc4ccc(C(N)=O)c(F)c4)o3)c21. The van der Waals surface area contributed by atoms with E-state index in [1.165, 1.54) is 16.8 Å². The molecule has 0 aliphatic carbocycles. The Bertz CT molecular complexity index is 2000. The van der Waals surface area contributed by atoms with Crippen molar-refractivity contribution < 1.29 is 13.6 Å². The molecule has 0 saturated heterocycles. The van der Waals surface area contributed by atoms with E-state index < -0.39 is 11.7 Å². The fraction of sp³-hybridized carbons (Fsp3) is 0.138. The molecule has 6 rings (SSSR count). The summed E-state index contributed by atoms with van der Waals surface area (Å²) in [6.07, 6.45) is 3.25. The molecule has 0 aliphatic rings. The van der Waals surface area contributed by atoms with Gasteiger partial charge in [0.2, 0.25) is 0 Å². The van der Waals surface area contributed by atoms with E-state index in [0.29, 0.717) is 29.5 Å². The van der Waals surface area contributed by atoms with Crippen molar-refractivity contribution in [1.29, 1.82) is 0 Å². The van der Waals surface area contributed by atoms with Crippen molar-refractivity contribution in [2.75, 3.05) is 5.32 Å². The van der Waals surface area contributed by atoms with E-state index in [4.69, 9.17) is 10.2 Å². The van der Waals surface area contributed by atoms with Gasteiger partial charge in [-0.3, -0.25) is 9.78 Å². The Hall–Kier alpha value is -5.52. The summed E-state index contributed by atoms with van der Waals surface area (Å²) in [7, 11) is 1.63. The number of hydrogen-bond donors (Lipinski definition) is 2. The van der Waals surface area contributed by atoms with Crippen molar-refractivity contribution >= 4 is 28.5 Å². The number of nitrogens with zero attached hydrogens (tertiary/aromatic N) is 6. The van der Waals surface area contributed by atoms with Gasteiger partial charge < -0.3 is 20.0 Å². The van der Waals surface area contributed by atoms with Crippen LogP contribution in [-0.4, -0.2) is 34.8 Å². The number of aryl methyl sites for hydroxylation is 3. The van der Waals surface area contributed by atoms with Crippen LogP contribution in [0.5, 0.6) is 0 Å². The summed E-state index contributed by atoms with van der Waals surface area (Å²) >= 11 is 0. The highest BCUT2D eigenvalue weighted by atomic mass is 19.1. The van der Waals surface area contributed by atoms with Crippen LogP contribution in [-0.2, 0) is 13.6 Å². The first-order chi connectivity index (χ1) is 19.7. The van der Waals surface area contributed by atoms with Gasteiger partial charge in [-0.15, -0.1) is 0 Å². The van der Waals surface area contributed by atoms with E-state index in [0.717, 1.165) is 33.9 Å². The molecule has 4 aromatic heterocycles. The first-order valence-electron chi connectivity index (χ1n) is 12.8. The Morgan fingerprint density at radius 3 is 2.54 bits per heavy atom. The predicted molar refractivity (Wildman–Crippen MR) is 152 cm³/mol. The number of aromatic nitrogens is 6. The number of anilines is 2. The quantitative estimate of drug-likeness (QED) is 0.296. The molecule has 1 amide bonds. The standard InChI is InChI=1S/C29H25FN8O3/c1-4-37-23(17-5-8-20(9-6-17)38-16(2)35-36(3)29(38)40)13-18-11-12-32-25(26(18)37)24-15-33-28(41-24)34-19-7-10-21(27(31)39)22(30)14-19/h5-15H,4H2,1-3H3,(H2,31,39)(H,33,34). The van der Waals surface area contributed by atoms with E-state index in [2.05, 4.69) is 31.0 Å². The highest BCUT2D eigenvalue weighted by Gasteiger charge is 2.19. The lowest BCUT2D eigenvalue weighted by molar-refractivity contribution is 0.0996. The Morgan fingerprint density at radius 1 is 1.10 bits per heavy atom. The van der Waals surface area contributed by atoms with Crippen LogP contribution in [0.1, 0.15) is 23.1 Å². The normalized spacial score (nSPS) is 11.3. The molecule has 0 aliphatic heterocycles. The smallest absolute Gasteiger partial charge is 0.350 e. The first-order valence-corrected chi connectivity index (χ1v) is 12.8. The Balaban J connectivity index is 1.35. The zero-order chi connectivity index (χ0) is 28.8. The first kappa shape index (κ1) is 25.7. The molecular formula is C29H25FN8O3. The average molecular weight is 553 g/mol. The number of fused-ring (bicyclic) bond motifs is 1. The van der Waals surface area contributed by atoms with Gasteiger partial charge in [0.1, 0.15) is 17.3 Å². The molecular weight excluding hydrogens is 527 g/mol. The second-order valence-electron chi connectivity index (χ2n) is 9.42. The minimum absolute atomic E-state index is 0.136. The topological polar surface area (TPSA) is 139 Å². The molecule has 11 nitrogen and oxygen atoms in total. The van der Waals surface area contributed by atoms with Crippen LogP contribution in [0.3, 0.4) is 0 Å². The third-order valence-electron chi connectivity index (χ3n) is 6.86. The number of amides is 1. The summed E-state index contributed by atoms with van der Waals surface area (Å²) in [5.74, 6) is -0.560. The third kappa shape index (κ3) is 4.44. The van der Waals surface area contributed by atoms with E-state index in [1.54, 1.807) is 30.9 Å². The fourth-order valence-corrected chi connectivity index (χ4v) is 4.99. The maximum Gasteiger partial charge on any atom is 0.350 e. The number of nitrogens with one attached hydrogen (secondary N) is 1. The summed E-state index contributed by atoms with van der Waals surface area (Å²) in [5, 5.41) is 8.07. The zero-order valence-corrected chi connectivity index (χ0v) is 22.4. The number of halogens is 1. The lowest BCUT2D eigenvalue weighted by atomic mass is 10.1. The van der Waals surface area contributed by atoms with Crippen molar-refractivity contribution in [3.05, 3.63) is 94.7 Å². The van der Waals surface area contributed by atoms with Crippen molar-refractivity contribution in [3.63, 3.8) is 0 Å². The van der Waals surface area contributed by atoms with Crippen molar-refractivity contribution in [3.8, 4) is 28.4 Å². The molecule has 6 aromatic rings. The number of pyridine rings is 1. The molecule has 0 radical (unpaired) electrons. The molecule has 0 fully saturated rings. The zero-order valence-electron chi connectivity index (χ0n) is 22.4. The highest BCUT2D eigenvalue weighted by Crippen LogP contribution is 2.35. The minimum atomic E-state index is -0.847. The monoisotopic (exact) mass is 552 g/mol. The molecule has 0 bridgehead atoms. The molecule has 0 atom stereocenters. The number of carbonyl (C=O) groups excluding carboxylic acids is 1. The van der Waals surface area contributed by atoms with Gasteiger partial charge in [-0.25, -0.2) is 23.4 Å². The van der Waals surface area contributed by atoms with E-state index in [-0.39, 0.29) is 17.3 Å². The number of nitrogens with two attached hydrogens (primary N) is 1. The third-order valence-corrected chi connectivity index (χ3v) is 6.86. The van der Waals surface area contributed by atoms with Gasteiger partial charge in [-0.05, 0) is 61.9 Å². The summed E-state index contributed by atoms with van der Waals surface area (Å²) in [6.45, 7) is 4.50. The van der Waals surface area contributed by atoms with Gasteiger partial charge in [-0.1, -0.05) is 12.1 Å². The van der Waals surface area contributed by atoms with Gasteiger partial charge >= 0.3 is 5.69 Å². The number of benzene rings is 2. The fourth-order valence-electron chi connectivity index (χ4n) is 4.99. The molecule has 2 aromatic carbocycles. The van der Waals surface area contributed by atoms with Crippen LogP contribution in [0.15, 0.2) is 76.2 Å². The van der Waals surface area contributed by atoms with Crippen LogP contribution in [0.4, 0.5) is 16.1 Å². The molecule has 0 unspecified atom stereocenters. The lowest BCUT2D eigenvalue weighted by Gasteiger charge is -2.11. The van der Waals surface area contributed by atoms with Crippen molar-refractivity contribution in [1.82, 2.24) is 28.9 Å². The molecule has 4 heterocycles. The number of hydrogen-bond acceptors (Lipinski definition) is 7. The number of oxazole rings is 1. The highest BCUT2D eigenvalue weighted by molar-refractivity contribution is 5.95. The molecule has 0 spiro atoms. The average Bonchev–Trinajstić information content (AvgIpc) is 3.64. The number of primary amides is 1. The predicted octanol–water partition coefficient (Wildman–Crippen LogP) is 4.55. The summed E-state index contributed by atoms with van der Waals surface area (Å²) < 4.78 is 25.2. The molecule has 12 heteroatoms. The van der Waals surface area contributed by atoms with E-state index in [1.807, 2.05) is 37.3 Å². The van der Waals surface area contributed by atoms with Crippen LogP contribution < -0.4 is 16.7 Å². The second kappa shape index (κ2) is 9.90. The van der Waals surface area contributed by atoms with Crippen LogP contribution >= 0.6 is 0 Å². The summed E-state index contributed by atoms with van der Waals surface area (Å²) in [4.78, 5) is 32.7. The molecule has 0 saturated carbocycles. The Kier molecular flexibility index (Phi) is 6.22. The van der Waals surface area contributed by atoms with E-state index >= 15 is 0 Å². The van der Waals surface area contributed by atoms with Gasteiger partial charge in [0.05, 0.1) is 23.0 Å². The maximum atomic E-state index is 14.2. The lowest BCUT2D eigenvalue weighted by Crippen LogP contribution is -2.21. The van der Waals surface area contributed by atoms with Crippen LogP contribution in [0, 0.1) is 12.7 Å². The maximum absolute atomic E-state index is 14.2. The number of rotatable bonds is 7.